The van der Waals surface area contributed by atoms with E-state index in [1.54, 1.807) is 30.3 Å². The Morgan fingerprint density at radius 3 is 2.19 bits per heavy atom. The van der Waals surface area contributed by atoms with Crippen molar-refractivity contribution in [3.63, 3.8) is 0 Å². The van der Waals surface area contributed by atoms with Crippen molar-refractivity contribution < 1.29 is 17.9 Å². The van der Waals surface area contributed by atoms with Crippen LogP contribution in [0.3, 0.4) is 0 Å². The number of sulfonamides is 1. The molecule has 3 rings (SSSR count). The van der Waals surface area contributed by atoms with Crippen LogP contribution in [0.2, 0.25) is 0 Å². The van der Waals surface area contributed by atoms with Crippen LogP contribution >= 0.6 is 0 Å². The average Bonchev–Trinajstić information content (AvgIpc) is 2.74. The predicted octanol–water partition coefficient (Wildman–Crippen LogP) is 4.74. The first-order chi connectivity index (χ1) is 15.3. The summed E-state index contributed by atoms with van der Waals surface area (Å²) in [4.78, 5) is 13.1. The van der Waals surface area contributed by atoms with Gasteiger partial charge in [0.25, 0.3) is 10.0 Å². The number of aryl methyl sites for hydroxylation is 2. The highest BCUT2D eigenvalue weighted by molar-refractivity contribution is 7.93. The Morgan fingerprint density at radius 1 is 0.969 bits per heavy atom. The summed E-state index contributed by atoms with van der Waals surface area (Å²) in [7, 11) is -2.59. The Balaban J connectivity index is 1.91. The summed E-state index contributed by atoms with van der Waals surface area (Å²) in [6.45, 7) is 3.49. The molecule has 6 nitrogen and oxygen atoms in total. The molecule has 1 amide bonds. The topological polar surface area (TPSA) is 75.7 Å². The molecule has 1 saturated carbocycles. The maximum absolute atomic E-state index is 13.7. The van der Waals surface area contributed by atoms with Gasteiger partial charge in [-0.2, -0.15) is 0 Å². The van der Waals surface area contributed by atoms with Crippen molar-refractivity contribution in [3.05, 3.63) is 53.6 Å². The van der Waals surface area contributed by atoms with Gasteiger partial charge < -0.3 is 10.1 Å². The van der Waals surface area contributed by atoms with Gasteiger partial charge in [-0.3, -0.25) is 9.10 Å². The molecular weight excluding hydrogens is 424 g/mol. The zero-order valence-electron chi connectivity index (χ0n) is 19.3. The lowest BCUT2D eigenvalue weighted by Gasteiger charge is -2.27. The van der Waals surface area contributed by atoms with Gasteiger partial charge in [0.2, 0.25) is 5.91 Å². The van der Waals surface area contributed by atoms with Crippen LogP contribution in [0.5, 0.6) is 5.75 Å². The smallest absolute Gasteiger partial charge is 0.268 e. The van der Waals surface area contributed by atoms with Crippen molar-refractivity contribution in [1.82, 2.24) is 5.32 Å². The second kappa shape index (κ2) is 10.9. The minimum Gasteiger partial charge on any atom is -0.495 e. The average molecular weight is 459 g/mol. The second-order valence-corrected chi connectivity index (χ2v) is 10.4. The van der Waals surface area contributed by atoms with Crippen molar-refractivity contribution in [2.45, 2.75) is 69.7 Å². The van der Waals surface area contributed by atoms with Crippen LogP contribution in [-0.4, -0.2) is 34.0 Å². The molecule has 0 saturated heterocycles. The molecule has 2 aromatic rings. The molecule has 32 heavy (non-hydrogen) atoms. The van der Waals surface area contributed by atoms with Gasteiger partial charge >= 0.3 is 0 Å². The largest absolute Gasteiger partial charge is 0.495 e. The Hall–Kier alpha value is -2.54. The van der Waals surface area contributed by atoms with Crippen LogP contribution in [-0.2, 0) is 14.8 Å². The van der Waals surface area contributed by atoms with E-state index in [1.165, 1.54) is 30.7 Å². The van der Waals surface area contributed by atoms with Gasteiger partial charge in [-0.25, -0.2) is 8.42 Å². The first kappa shape index (κ1) is 24.1. The number of hydrogen-bond donors (Lipinski definition) is 1. The summed E-state index contributed by atoms with van der Waals surface area (Å²) < 4.78 is 34.0. The zero-order chi connectivity index (χ0) is 23.1. The van der Waals surface area contributed by atoms with Crippen molar-refractivity contribution in [2.75, 3.05) is 18.0 Å². The summed E-state index contributed by atoms with van der Waals surface area (Å²) in [6, 6.07) is 12.3. The molecule has 0 unspecified atom stereocenters. The third kappa shape index (κ3) is 6.03. The minimum atomic E-state index is -4.03. The fraction of sp³-hybridized carbons (Fsp3) is 0.480. The molecule has 0 atom stereocenters. The molecule has 1 fully saturated rings. The molecule has 0 spiro atoms. The lowest BCUT2D eigenvalue weighted by Crippen LogP contribution is -2.44. The highest BCUT2D eigenvalue weighted by Gasteiger charge is 2.30. The Kier molecular flexibility index (Phi) is 8.18. The number of carbonyl (C=O) groups excluding carboxylic acids is 1. The first-order valence-electron chi connectivity index (χ1n) is 11.3. The van der Waals surface area contributed by atoms with Crippen LogP contribution < -0.4 is 14.4 Å². The first-order valence-corrected chi connectivity index (χ1v) is 12.8. The van der Waals surface area contributed by atoms with Gasteiger partial charge in [0, 0.05) is 6.04 Å². The third-order valence-electron chi connectivity index (χ3n) is 5.97. The van der Waals surface area contributed by atoms with E-state index in [0.29, 0.717) is 5.69 Å². The summed E-state index contributed by atoms with van der Waals surface area (Å²) >= 11 is 0. The number of nitrogens with one attached hydrogen (secondary N) is 1. The van der Waals surface area contributed by atoms with E-state index in [2.05, 4.69) is 5.32 Å². The standard InChI is InChI=1S/C25H34N2O4S/c1-19-11-14-22(15-12-19)27(18-25(28)26-21-9-7-5-4-6-8-10-21)32(29,30)24-17-20(2)13-16-23(24)31-3/h11-17,21H,4-10,18H2,1-3H3,(H,26,28). The van der Waals surface area contributed by atoms with E-state index in [-0.39, 0.29) is 29.1 Å². The van der Waals surface area contributed by atoms with Crippen molar-refractivity contribution >= 4 is 21.6 Å². The lowest BCUT2D eigenvalue weighted by atomic mass is 9.97. The second-order valence-electron chi connectivity index (χ2n) is 8.61. The predicted molar refractivity (Wildman–Crippen MR) is 128 cm³/mol. The maximum atomic E-state index is 13.7. The summed E-state index contributed by atoms with van der Waals surface area (Å²) in [5.41, 5.74) is 2.26. The minimum absolute atomic E-state index is 0.0549. The van der Waals surface area contributed by atoms with Gasteiger partial charge in [-0.15, -0.1) is 0 Å². The molecule has 1 aliphatic rings. The Bertz CT molecular complexity index is 1010. The number of amides is 1. The van der Waals surface area contributed by atoms with E-state index in [0.717, 1.165) is 36.8 Å². The molecule has 0 heterocycles. The number of anilines is 1. The van der Waals surface area contributed by atoms with E-state index in [4.69, 9.17) is 4.74 Å². The van der Waals surface area contributed by atoms with Crippen LogP contribution in [0.1, 0.15) is 56.1 Å². The Morgan fingerprint density at radius 2 is 1.56 bits per heavy atom. The van der Waals surface area contributed by atoms with Crippen LogP contribution in [0, 0.1) is 13.8 Å². The zero-order valence-corrected chi connectivity index (χ0v) is 20.1. The number of rotatable bonds is 7. The quantitative estimate of drug-likeness (QED) is 0.650. The molecule has 0 bridgehead atoms. The van der Waals surface area contributed by atoms with Crippen LogP contribution in [0.15, 0.2) is 47.4 Å². The van der Waals surface area contributed by atoms with Crippen molar-refractivity contribution in [3.8, 4) is 5.75 Å². The molecule has 7 heteroatoms. The van der Waals surface area contributed by atoms with Crippen LogP contribution in [0.4, 0.5) is 5.69 Å². The number of hydrogen-bond acceptors (Lipinski definition) is 4. The number of ether oxygens (including phenoxy) is 1. The normalized spacial score (nSPS) is 15.5. The Labute approximate surface area is 192 Å². The molecule has 0 aromatic heterocycles. The summed E-state index contributed by atoms with van der Waals surface area (Å²) in [5, 5.41) is 3.09. The molecular formula is C25H34N2O4S. The van der Waals surface area contributed by atoms with Gasteiger partial charge in [0.1, 0.15) is 17.2 Å². The van der Waals surface area contributed by atoms with Gasteiger partial charge in [0.15, 0.2) is 0 Å². The lowest BCUT2D eigenvalue weighted by molar-refractivity contribution is -0.120. The van der Waals surface area contributed by atoms with Gasteiger partial charge in [-0.05, 0) is 56.5 Å². The molecule has 2 aromatic carbocycles. The summed E-state index contributed by atoms with van der Waals surface area (Å²) in [6.07, 6.45) is 7.67. The van der Waals surface area contributed by atoms with E-state index >= 15 is 0 Å². The highest BCUT2D eigenvalue weighted by Crippen LogP contribution is 2.31. The van der Waals surface area contributed by atoms with Crippen molar-refractivity contribution in [2.24, 2.45) is 0 Å². The molecule has 174 valence electrons. The SMILES string of the molecule is COc1ccc(C)cc1S(=O)(=O)N(CC(=O)NC1CCCCCCC1)c1ccc(C)cc1. The van der Waals surface area contributed by atoms with Crippen molar-refractivity contribution in [1.29, 1.82) is 0 Å². The van der Waals surface area contributed by atoms with Gasteiger partial charge in [0.05, 0.1) is 12.8 Å². The molecule has 0 aliphatic heterocycles. The highest BCUT2D eigenvalue weighted by atomic mass is 32.2. The number of benzene rings is 2. The monoisotopic (exact) mass is 458 g/mol. The number of nitrogens with zero attached hydrogens (tertiary/aromatic N) is 1. The van der Waals surface area contributed by atoms with E-state index < -0.39 is 10.0 Å². The number of carbonyl (C=O) groups is 1. The number of methoxy groups -OCH3 is 1. The summed E-state index contributed by atoms with van der Waals surface area (Å²) in [5.74, 6) is -0.0283. The fourth-order valence-corrected chi connectivity index (χ4v) is 5.80. The molecule has 1 N–H and O–H groups in total. The fourth-order valence-electron chi connectivity index (χ4n) is 4.13. The third-order valence-corrected chi connectivity index (χ3v) is 7.76. The van der Waals surface area contributed by atoms with E-state index in [9.17, 15) is 13.2 Å². The van der Waals surface area contributed by atoms with Crippen LogP contribution in [0.25, 0.3) is 0 Å². The van der Waals surface area contributed by atoms with E-state index in [1.807, 2.05) is 26.0 Å². The maximum Gasteiger partial charge on any atom is 0.268 e. The molecule has 0 radical (unpaired) electrons. The van der Waals surface area contributed by atoms with Gasteiger partial charge in [-0.1, -0.05) is 55.9 Å². The molecule has 1 aliphatic carbocycles.